The van der Waals surface area contributed by atoms with Gasteiger partial charge in [0.2, 0.25) is 0 Å². The predicted octanol–water partition coefficient (Wildman–Crippen LogP) is 1.69. The molecule has 0 bridgehead atoms. The molecule has 1 saturated carbocycles. The molecule has 1 rings (SSSR count). The first-order valence-electron chi connectivity index (χ1n) is 6.00. The Kier molecular flexibility index (Phi) is 5.61. The smallest absolute Gasteiger partial charge is 0.150 e. The zero-order valence-electron chi connectivity index (χ0n) is 10.3. The Morgan fingerprint density at radius 3 is 2.50 bits per heavy atom. The molecule has 3 nitrogen and oxygen atoms in total. The molecule has 1 fully saturated rings. The van der Waals surface area contributed by atoms with E-state index in [1.807, 2.05) is 11.8 Å². The van der Waals surface area contributed by atoms with Crippen LogP contribution in [-0.2, 0) is 9.84 Å². The van der Waals surface area contributed by atoms with Crippen molar-refractivity contribution in [3.05, 3.63) is 0 Å². The summed E-state index contributed by atoms with van der Waals surface area (Å²) in [6.07, 6.45) is 6.85. The summed E-state index contributed by atoms with van der Waals surface area (Å²) in [5, 5.41) is 3.39. The molecule has 0 aromatic rings. The second-order valence-electron chi connectivity index (χ2n) is 4.51. The highest BCUT2D eigenvalue weighted by Gasteiger charge is 2.35. The average molecular weight is 265 g/mol. The quantitative estimate of drug-likeness (QED) is 0.678. The van der Waals surface area contributed by atoms with E-state index < -0.39 is 9.84 Å². The van der Waals surface area contributed by atoms with Gasteiger partial charge in [0, 0.05) is 17.0 Å². The van der Waals surface area contributed by atoms with Crippen molar-refractivity contribution < 1.29 is 8.42 Å². The molecule has 1 aliphatic rings. The number of sulfone groups is 1. The van der Waals surface area contributed by atoms with Crippen molar-refractivity contribution in [2.45, 2.75) is 37.4 Å². The Labute approximate surface area is 104 Å². The highest BCUT2D eigenvalue weighted by Crippen LogP contribution is 2.42. The van der Waals surface area contributed by atoms with E-state index in [2.05, 4.69) is 11.6 Å². The number of hydrogen-bond acceptors (Lipinski definition) is 4. The SMILES string of the molecule is CCS(=O)(=O)CCCNCC1(SC)CCC1. The van der Waals surface area contributed by atoms with Crippen molar-refractivity contribution in [1.29, 1.82) is 0 Å². The first-order chi connectivity index (χ1) is 7.54. The van der Waals surface area contributed by atoms with Gasteiger partial charge in [-0.25, -0.2) is 8.42 Å². The number of nitrogens with one attached hydrogen (secondary N) is 1. The largest absolute Gasteiger partial charge is 0.315 e. The summed E-state index contributed by atoms with van der Waals surface area (Å²) in [5.74, 6) is 0.588. The third kappa shape index (κ3) is 4.26. The van der Waals surface area contributed by atoms with Crippen LogP contribution in [0.2, 0.25) is 0 Å². The lowest BCUT2D eigenvalue weighted by molar-refractivity contribution is 0.346. The Balaban J connectivity index is 2.08. The summed E-state index contributed by atoms with van der Waals surface area (Å²) < 4.78 is 23.0. The molecule has 0 unspecified atom stereocenters. The lowest BCUT2D eigenvalue weighted by Gasteiger charge is -2.40. The molecule has 0 aromatic heterocycles. The van der Waals surface area contributed by atoms with Gasteiger partial charge >= 0.3 is 0 Å². The minimum Gasteiger partial charge on any atom is -0.315 e. The van der Waals surface area contributed by atoms with Gasteiger partial charge in [-0.05, 0) is 32.1 Å². The van der Waals surface area contributed by atoms with E-state index in [-0.39, 0.29) is 5.75 Å². The van der Waals surface area contributed by atoms with Gasteiger partial charge in [0.05, 0.1) is 5.75 Å². The maximum absolute atomic E-state index is 11.3. The van der Waals surface area contributed by atoms with E-state index in [9.17, 15) is 8.42 Å². The average Bonchev–Trinajstić information content (AvgIpc) is 2.21. The van der Waals surface area contributed by atoms with Gasteiger partial charge in [-0.3, -0.25) is 0 Å². The molecule has 1 N–H and O–H groups in total. The monoisotopic (exact) mass is 265 g/mol. The molecule has 96 valence electrons. The van der Waals surface area contributed by atoms with Gasteiger partial charge in [0.1, 0.15) is 9.84 Å². The number of rotatable bonds is 8. The molecular weight excluding hydrogens is 242 g/mol. The van der Waals surface area contributed by atoms with Gasteiger partial charge in [-0.1, -0.05) is 13.3 Å². The van der Waals surface area contributed by atoms with E-state index in [4.69, 9.17) is 0 Å². The molecule has 0 spiro atoms. The first kappa shape index (κ1) is 14.3. The lowest BCUT2D eigenvalue weighted by atomic mass is 9.84. The van der Waals surface area contributed by atoms with Crippen LogP contribution in [-0.4, -0.2) is 44.0 Å². The van der Waals surface area contributed by atoms with Crippen LogP contribution in [0.4, 0.5) is 0 Å². The standard InChI is InChI=1S/C11H23NO2S2/c1-3-16(13,14)9-5-8-12-10-11(15-2)6-4-7-11/h12H,3-10H2,1-2H3. The summed E-state index contributed by atoms with van der Waals surface area (Å²) in [6.45, 7) is 3.56. The molecule has 5 heteroatoms. The van der Waals surface area contributed by atoms with Crippen LogP contribution in [0.1, 0.15) is 32.6 Å². The van der Waals surface area contributed by atoms with Crippen LogP contribution < -0.4 is 5.32 Å². The van der Waals surface area contributed by atoms with E-state index in [1.165, 1.54) is 19.3 Å². The summed E-state index contributed by atoms with van der Waals surface area (Å²) in [7, 11) is -2.78. The van der Waals surface area contributed by atoms with Crippen molar-refractivity contribution in [3.8, 4) is 0 Å². The molecule has 1 aliphatic carbocycles. The van der Waals surface area contributed by atoms with E-state index in [0.29, 0.717) is 10.5 Å². The van der Waals surface area contributed by atoms with Crippen LogP contribution in [0, 0.1) is 0 Å². The molecule has 0 saturated heterocycles. The molecular formula is C11H23NO2S2. The van der Waals surface area contributed by atoms with Crippen LogP contribution in [0.15, 0.2) is 0 Å². The zero-order chi connectivity index (χ0) is 12.1. The van der Waals surface area contributed by atoms with E-state index >= 15 is 0 Å². The maximum Gasteiger partial charge on any atom is 0.150 e. The Morgan fingerprint density at radius 1 is 1.38 bits per heavy atom. The van der Waals surface area contributed by atoms with Crippen LogP contribution in [0.3, 0.4) is 0 Å². The van der Waals surface area contributed by atoms with Gasteiger partial charge in [-0.2, -0.15) is 11.8 Å². The van der Waals surface area contributed by atoms with Gasteiger partial charge < -0.3 is 5.32 Å². The van der Waals surface area contributed by atoms with Gasteiger partial charge in [0.25, 0.3) is 0 Å². The zero-order valence-corrected chi connectivity index (χ0v) is 11.9. The Morgan fingerprint density at radius 2 is 2.06 bits per heavy atom. The van der Waals surface area contributed by atoms with Crippen LogP contribution >= 0.6 is 11.8 Å². The molecule has 0 heterocycles. The van der Waals surface area contributed by atoms with E-state index in [1.54, 1.807) is 6.92 Å². The molecule has 0 radical (unpaired) electrons. The van der Waals surface area contributed by atoms with Crippen molar-refractivity contribution in [2.24, 2.45) is 0 Å². The van der Waals surface area contributed by atoms with Gasteiger partial charge in [0.15, 0.2) is 0 Å². The minimum absolute atomic E-state index is 0.266. The Bertz CT molecular complexity index is 292. The third-order valence-electron chi connectivity index (χ3n) is 3.39. The topological polar surface area (TPSA) is 46.2 Å². The third-order valence-corrected chi connectivity index (χ3v) is 6.60. The second-order valence-corrected chi connectivity index (χ2v) is 8.25. The predicted molar refractivity (Wildman–Crippen MR) is 71.9 cm³/mol. The first-order valence-corrected chi connectivity index (χ1v) is 9.04. The van der Waals surface area contributed by atoms with Gasteiger partial charge in [-0.15, -0.1) is 0 Å². The summed E-state index contributed by atoms with van der Waals surface area (Å²) in [4.78, 5) is 0. The highest BCUT2D eigenvalue weighted by molar-refractivity contribution is 8.00. The van der Waals surface area contributed by atoms with Crippen molar-refractivity contribution >= 4 is 21.6 Å². The highest BCUT2D eigenvalue weighted by atomic mass is 32.2. The van der Waals surface area contributed by atoms with Crippen LogP contribution in [0.25, 0.3) is 0 Å². The van der Waals surface area contributed by atoms with Crippen molar-refractivity contribution in [1.82, 2.24) is 5.32 Å². The normalized spacial score (nSPS) is 19.4. The molecule has 0 amide bonds. The van der Waals surface area contributed by atoms with Crippen molar-refractivity contribution in [2.75, 3.05) is 30.9 Å². The maximum atomic E-state index is 11.3. The Hall–Kier alpha value is 0.260. The van der Waals surface area contributed by atoms with Crippen LogP contribution in [0.5, 0.6) is 0 Å². The fraction of sp³-hybridized carbons (Fsp3) is 1.00. The summed E-state index contributed by atoms with van der Waals surface area (Å²) in [5.41, 5.74) is 0. The summed E-state index contributed by atoms with van der Waals surface area (Å²) in [6, 6.07) is 0. The molecule has 0 aliphatic heterocycles. The number of hydrogen-bond donors (Lipinski definition) is 1. The van der Waals surface area contributed by atoms with E-state index in [0.717, 1.165) is 19.5 Å². The fourth-order valence-electron chi connectivity index (χ4n) is 1.90. The number of thioether (sulfide) groups is 1. The molecule has 16 heavy (non-hydrogen) atoms. The lowest BCUT2D eigenvalue weighted by Crippen LogP contribution is -2.43. The molecule has 0 aromatic carbocycles. The molecule has 0 atom stereocenters. The fourth-order valence-corrected chi connectivity index (χ4v) is 3.72. The second kappa shape index (κ2) is 6.26. The minimum atomic E-state index is -2.78. The summed E-state index contributed by atoms with van der Waals surface area (Å²) >= 11 is 1.95. The van der Waals surface area contributed by atoms with Crippen molar-refractivity contribution in [3.63, 3.8) is 0 Å².